The fourth-order valence-corrected chi connectivity index (χ4v) is 8.68. The van der Waals surface area contributed by atoms with E-state index in [1.807, 2.05) is 85.9 Å². The molecule has 0 spiro atoms. The number of anilines is 1. The number of hydrogen-bond acceptors (Lipinski definition) is 16. The molecular weight excluding hydrogens is 1030 g/mol. The molecule has 0 saturated carbocycles. The lowest BCUT2D eigenvalue weighted by molar-refractivity contribution is -0.161. The van der Waals surface area contributed by atoms with Crippen molar-refractivity contribution in [1.29, 1.82) is 0 Å². The summed E-state index contributed by atoms with van der Waals surface area (Å²) in [6.07, 6.45) is 50.0. The number of carbonyl (C=O) groups is 2. The molecule has 1 saturated heterocycles. The van der Waals surface area contributed by atoms with Crippen LogP contribution in [0, 0.1) is 0 Å². The van der Waals surface area contributed by atoms with Gasteiger partial charge in [0.05, 0.1) is 19.3 Å². The Labute approximate surface area is 453 Å². The molecule has 2 heterocycles. The van der Waals surface area contributed by atoms with Crippen LogP contribution in [0.3, 0.4) is 0 Å². The van der Waals surface area contributed by atoms with Gasteiger partial charge in [0.1, 0.15) is 30.7 Å². The van der Waals surface area contributed by atoms with Gasteiger partial charge in [-0.2, -0.15) is 9.29 Å². The third kappa shape index (κ3) is 34.2. The monoisotopic (exact) mass is 1110 g/mol. The van der Waals surface area contributed by atoms with Gasteiger partial charge in [0.25, 0.3) is 0 Å². The molecule has 1 aliphatic heterocycles. The third-order valence-corrected chi connectivity index (χ3v) is 13.1. The van der Waals surface area contributed by atoms with Gasteiger partial charge in [-0.3, -0.25) is 23.2 Å². The predicted molar refractivity (Wildman–Crippen MR) is 299 cm³/mol. The molecule has 77 heavy (non-hydrogen) atoms. The molecule has 8 atom stereocenters. The molecule has 7 N–H and O–H groups in total. The van der Waals surface area contributed by atoms with Crippen molar-refractivity contribution in [3.8, 4) is 0 Å². The normalized spacial score (nSPS) is 20.2. The van der Waals surface area contributed by atoms with Gasteiger partial charge in [-0.1, -0.05) is 160 Å². The number of phosphoric acid groups is 2. The average Bonchev–Trinajstić information content (AvgIpc) is 3.66. The van der Waals surface area contributed by atoms with Crippen molar-refractivity contribution in [2.75, 3.05) is 25.6 Å². The highest BCUT2D eigenvalue weighted by Gasteiger charge is 2.46. The molecule has 0 amide bonds. The van der Waals surface area contributed by atoms with E-state index >= 15 is 0 Å². The number of carbonyl (C=O) groups excluding carboxylic acids is 2. The lowest BCUT2D eigenvalue weighted by atomic mass is 10.1. The predicted octanol–water partition coefficient (Wildman–Crippen LogP) is 10.1. The van der Waals surface area contributed by atoms with Crippen molar-refractivity contribution in [3.63, 3.8) is 0 Å². The summed E-state index contributed by atoms with van der Waals surface area (Å²) in [6.45, 7) is 1.66. The van der Waals surface area contributed by atoms with Crippen LogP contribution in [0.4, 0.5) is 5.82 Å². The van der Waals surface area contributed by atoms with E-state index in [0.717, 1.165) is 62.1 Å². The molecule has 21 heteroatoms. The molecule has 2 rings (SSSR count). The number of aliphatic hydroxyl groups is 3. The quantitative estimate of drug-likeness (QED) is 0.0154. The Bertz CT molecular complexity index is 2380. The second kappa shape index (κ2) is 41.7. The third-order valence-electron chi connectivity index (χ3n) is 10.5. The van der Waals surface area contributed by atoms with Crippen LogP contribution in [-0.4, -0.2) is 96.9 Å². The van der Waals surface area contributed by atoms with E-state index in [2.05, 4.69) is 64.8 Å². The maximum absolute atomic E-state index is 12.9. The Morgan fingerprint density at radius 1 is 0.675 bits per heavy atom. The largest absolute Gasteiger partial charge is 0.481 e. The minimum Gasteiger partial charge on any atom is -0.462 e. The van der Waals surface area contributed by atoms with Gasteiger partial charge in [-0.15, -0.1) is 0 Å². The highest BCUT2D eigenvalue weighted by atomic mass is 31.3. The molecule has 19 nitrogen and oxygen atoms in total. The number of nitrogens with two attached hydrogens (primary N) is 1. The second-order valence-corrected chi connectivity index (χ2v) is 20.1. The molecule has 1 fully saturated rings. The smallest absolute Gasteiger partial charge is 0.462 e. The molecule has 0 radical (unpaired) electrons. The molecular formula is C56H81N3O16P2. The molecule has 0 aromatic carbocycles. The van der Waals surface area contributed by atoms with E-state index in [9.17, 15) is 48.6 Å². The first-order chi connectivity index (χ1) is 37.1. The zero-order valence-corrected chi connectivity index (χ0v) is 46.1. The molecule has 426 valence electrons. The summed E-state index contributed by atoms with van der Waals surface area (Å²) < 4.78 is 56.6. The number of phosphoric ester groups is 2. The van der Waals surface area contributed by atoms with Crippen molar-refractivity contribution in [3.05, 3.63) is 169 Å². The number of aromatic nitrogens is 2. The van der Waals surface area contributed by atoms with Crippen LogP contribution in [0.5, 0.6) is 0 Å². The van der Waals surface area contributed by atoms with Crippen LogP contribution < -0.4 is 11.4 Å². The summed E-state index contributed by atoms with van der Waals surface area (Å²) in [5.41, 5.74) is 4.57. The van der Waals surface area contributed by atoms with Crippen molar-refractivity contribution in [1.82, 2.24) is 9.55 Å². The zero-order chi connectivity index (χ0) is 56.4. The summed E-state index contributed by atoms with van der Waals surface area (Å²) in [5.74, 6) is -1.54. The fourth-order valence-electron chi connectivity index (χ4n) is 6.56. The first-order valence-corrected chi connectivity index (χ1v) is 28.9. The van der Waals surface area contributed by atoms with Crippen molar-refractivity contribution < 1.29 is 71.4 Å². The number of rotatable bonds is 40. The van der Waals surface area contributed by atoms with Crippen LogP contribution in [-0.2, 0) is 46.3 Å². The van der Waals surface area contributed by atoms with Crippen LogP contribution in [0.25, 0.3) is 0 Å². The SMILES string of the molecule is CC/C=C\C/C=C\C/C=C\C/C=C\C/C=C\C/C=C\CCC(=O)O[C@H](COC(=O)CC/C=C\C/C=C\C/C=C\C/C=C/C=C/C(O)C/C=C\CC)COP(=O)(O)OP(=O)(O)OC[C@H]1O[C@@H](n2ccc(N)nc2=O)[C@H](O)[C@@H]1O. The maximum Gasteiger partial charge on any atom is 0.481 e. The fraction of sp³-hybridized carbons (Fsp3) is 0.464. The Hall–Kier alpha value is -5.40. The van der Waals surface area contributed by atoms with Gasteiger partial charge in [0.15, 0.2) is 12.3 Å². The molecule has 0 aliphatic carbocycles. The van der Waals surface area contributed by atoms with Gasteiger partial charge < -0.3 is 45.1 Å². The van der Waals surface area contributed by atoms with Gasteiger partial charge in [-0.05, 0) is 89.5 Å². The number of ether oxygens (including phenoxy) is 3. The molecule has 1 aliphatic rings. The van der Waals surface area contributed by atoms with Crippen LogP contribution >= 0.6 is 15.6 Å². The van der Waals surface area contributed by atoms with Crippen molar-refractivity contribution in [2.24, 2.45) is 0 Å². The van der Waals surface area contributed by atoms with Crippen molar-refractivity contribution >= 4 is 33.4 Å². The van der Waals surface area contributed by atoms with Crippen LogP contribution in [0.1, 0.15) is 116 Å². The number of nitrogen functional groups attached to an aromatic ring is 1. The van der Waals surface area contributed by atoms with E-state index in [0.29, 0.717) is 25.7 Å². The Balaban J connectivity index is 1.87. The number of allylic oxidation sites excluding steroid dienone is 22. The minimum atomic E-state index is -5.48. The molecule has 1 aromatic rings. The minimum absolute atomic E-state index is 0.0395. The summed E-state index contributed by atoms with van der Waals surface area (Å²) in [5, 5.41) is 30.8. The van der Waals surface area contributed by atoms with Crippen LogP contribution in [0.15, 0.2) is 163 Å². The highest BCUT2D eigenvalue weighted by molar-refractivity contribution is 7.61. The number of aliphatic hydroxyl groups excluding tert-OH is 3. The lowest BCUT2D eigenvalue weighted by Gasteiger charge is -2.21. The second-order valence-electron chi connectivity index (χ2n) is 17.1. The number of hydrogen-bond donors (Lipinski definition) is 6. The first kappa shape index (κ1) is 67.7. The summed E-state index contributed by atoms with van der Waals surface area (Å²) in [6, 6.07) is 1.23. The Kier molecular flexibility index (Phi) is 36.6. The highest BCUT2D eigenvalue weighted by Crippen LogP contribution is 2.60. The van der Waals surface area contributed by atoms with Crippen LogP contribution in [0.2, 0.25) is 0 Å². The van der Waals surface area contributed by atoms with E-state index in [-0.39, 0.29) is 25.1 Å². The van der Waals surface area contributed by atoms with E-state index < -0.39 is 89.8 Å². The summed E-state index contributed by atoms with van der Waals surface area (Å²) in [4.78, 5) is 61.9. The standard InChI is InChI=1S/C56H81N3O16P2/c1-3-5-7-8-9-10-11-12-13-14-15-16-17-20-24-27-30-33-37-41-52(62)73-48(44-70-51(61)40-36-32-29-26-23-21-18-19-22-25-28-31-35-39-47(60)38-34-6-4-2)45-71-76(66,67)75-77(68,69)72-46-49-53(63)54(64)55(74-49)59-43-42-50(57)58-56(59)65/h5-7,9-10,12-13,15-16,19-24,28-35,39,42-43,47-49,53-55,60,63-64H,3-4,8,11,14,17-18,25-27,36-38,40-41,44-46H2,1-2H3,(H,66,67)(H,68,69)(H2,57,58,65)/b7-5-,10-9-,13-12-,16-15-,22-19-,23-21-,24-20-,31-28+,32-29-,33-30-,34-6-,39-35+/t47?,48-,49-,53-,54-,55-/m1/s1. The average molecular weight is 1110 g/mol. The number of esters is 2. The summed E-state index contributed by atoms with van der Waals surface area (Å²) in [7, 11) is -10.9. The van der Waals surface area contributed by atoms with E-state index in [4.69, 9.17) is 29.0 Å². The molecule has 1 aromatic heterocycles. The van der Waals surface area contributed by atoms with Gasteiger partial charge in [0, 0.05) is 19.0 Å². The maximum atomic E-state index is 12.9. The van der Waals surface area contributed by atoms with Gasteiger partial charge in [-0.25, -0.2) is 13.9 Å². The topological polar surface area (TPSA) is 286 Å². The Morgan fingerprint density at radius 3 is 1.69 bits per heavy atom. The van der Waals surface area contributed by atoms with E-state index in [1.54, 1.807) is 18.2 Å². The summed E-state index contributed by atoms with van der Waals surface area (Å²) >= 11 is 0. The Morgan fingerprint density at radius 2 is 1.16 bits per heavy atom. The molecule has 3 unspecified atom stereocenters. The van der Waals surface area contributed by atoms with Gasteiger partial charge >= 0.3 is 33.3 Å². The van der Waals surface area contributed by atoms with Crippen molar-refractivity contribution in [2.45, 2.75) is 147 Å². The number of nitrogens with zero attached hydrogens (tertiary/aromatic N) is 2. The van der Waals surface area contributed by atoms with E-state index in [1.165, 1.54) is 6.07 Å². The first-order valence-electron chi connectivity index (χ1n) is 26.0. The molecule has 0 bridgehead atoms. The lowest BCUT2D eigenvalue weighted by Crippen LogP contribution is -2.36. The van der Waals surface area contributed by atoms with Gasteiger partial charge in [0.2, 0.25) is 0 Å². The zero-order valence-electron chi connectivity index (χ0n) is 44.3.